The molecule has 2 N–H and O–H groups in total. The molecule has 0 bridgehead atoms. The number of benzene rings is 1. The van der Waals surface area contributed by atoms with Crippen LogP contribution in [0.2, 0.25) is 0 Å². The predicted molar refractivity (Wildman–Crippen MR) is 83.3 cm³/mol. The standard InChI is InChI=1S/C15H15N3O3S/c19-14(10-3-4-16-6-10)18-15-17-11(7-22-15)9-1-2-12-13(5-9)21-8-20-12/h1-2,5,7,10,16H,3-4,6,8H2,(H,17,18,19). The highest BCUT2D eigenvalue weighted by molar-refractivity contribution is 7.14. The summed E-state index contributed by atoms with van der Waals surface area (Å²) in [5.74, 6) is 1.56. The van der Waals surface area contributed by atoms with Gasteiger partial charge in [0.1, 0.15) is 0 Å². The van der Waals surface area contributed by atoms with Crippen LogP contribution in [0.3, 0.4) is 0 Å². The van der Waals surface area contributed by atoms with E-state index in [0.717, 1.165) is 42.3 Å². The Morgan fingerprint density at radius 3 is 3.14 bits per heavy atom. The number of aromatic nitrogens is 1. The monoisotopic (exact) mass is 317 g/mol. The smallest absolute Gasteiger partial charge is 0.231 e. The molecule has 1 unspecified atom stereocenters. The van der Waals surface area contributed by atoms with Crippen LogP contribution >= 0.6 is 11.3 Å². The highest BCUT2D eigenvalue weighted by Gasteiger charge is 2.23. The zero-order valence-corrected chi connectivity index (χ0v) is 12.6. The second-order valence-corrected chi connectivity index (χ2v) is 6.14. The van der Waals surface area contributed by atoms with E-state index in [-0.39, 0.29) is 18.6 Å². The van der Waals surface area contributed by atoms with Crippen molar-refractivity contribution in [2.24, 2.45) is 5.92 Å². The number of hydrogen-bond acceptors (Lipinski definition) is 6. The average Bonchev–Trinajstić information content (AvgIpc) is 3.27. The third kappa shape index (κ3) is 2.53. The Morgan fingerprint density at radius 1 is 1.36 bits per heavy atom. The zero-order valence-electron chi connectivity index (χ0n) is 11.8. The van der Waals surface area contributed by atoms with Crippen LogP contribution in [-0.2, 0) is 4.79 Å². The van der Waals surface area contributed by atoms with Gasteiger partial charge < -0.3 is 20.1 Å². The number of hydrogen-bond donors (Lipinski definition) is 2. The molecule has 7 heteroatoms. The highest BCUT2D eigenvalue weighted by Crippen LogP contribution is 2.36. The Morgan fingerprint density at radius 2 is 2.27 bits per heavy atom. The van der Waals surface area contributed by atoms with Crippen LogP contribution in [0.4, 0.5) is 5.13 Å². The molecule has 1 aromatic carbocycles. The van der Waals surface area contributed by atoms with Gasteiger partial charge in [0.25, 0.3) is 0 Å². The Hall–Kier alpha value is -2.12. The van der Waals surface area contributed by atoms with Crippen molar-refractivity contribution in [1.82, 2.24) is 10.3 Å². The lowest BCUT2D eigenvalue weighted by Crippen LogP contribution is -2.24. The second-order valence-electron chi connectivity index (χ2n) is 5.28. The molecule has 0 aliphatic carbocycles. The van der Waals surface area contributed by atoms with E-state index in [0.29, 0.717) is 5.13 Å². The summed E-state index contributed by atoms with van der Waals surface area (Å²) in [6, 6.07) is 5.72. The van der Waals surface area contributed by atoms with Gasteiger partial charge in [-0.25, -0.2) is 4.98 Å². The third-order valence-electron chi connectivity index (χ3n) is 3.83. The second kappa shape index (κ2) is 5.58. The van der Waals surface area contributed by atoms with Crippen LogP contribution in [-0.4, -0.2) is 30.8 Å². The molecule has 2 aromatic rings. The maximum atomic E-state index is 12.1. The first kappa shape index (κ1) is 13.5. The predicted octanol–water partition coefficient (Wildman–Crippen LogP) is 2.09. The van der Waals surface area contributed by atoms with Crippen LogP contribution in [0, 0.1) is 5.92 Å². The van der Waals surface area contributed by atoms with Crippen molar-refractivity contribution in [3.63, 3.8) is 0 Å². The summed E-state index contributed by atoms with van der Waals surface area (Å²) in [5.41, 5.74) is 1.77. The molecular weight excluding hydrogens is 302 g/mol. The van der Waals surface area contributed by atoms with Gasteiger partial charge in [0.15, 0.2) is 16.6 Å². The molecule has 6 nitrogen and oxygen atoms in total. The largest absolute Gasteiger partial charge is 0.454 e. The van der Waals surface area contributed by atoms with Crippen molar-refractivity contribution < 1.29 is 14.3 Å². The molecule has 1 amide bonds. The van der Waals surface area contributed by atoms with Crippen molar-refractivity contribution in [2.45, 2.75) is 6.42 Å². The lowest BCUT2D eigenvalue weighted by molar-refractivity contribution is -0.119. The fourth-order valence-electron chi connectivity index (χ4n) is 2.61. The van der Waals surface area contributed by atoms with Crippen LogP contribution in [0.5, 0.6) is 11.5 Å². The van der Waals surface area contributed by atoms with Gasteiger partial charge in [0.2, 0.25) is 12.7 Å². The van der Waals surface area contributed by atoms with Crippen molar-refractivity contribution in [1.29, 1.82) is 0 Å². The molecule has 3 heterocycles. The van der Waals surface area contributed by atoms with Crippen molar-refractivity contribution >= 4 is 22.4 Å². The van der Waals surface area contributed by atoms with Gasteiger partial charge in [-0.2, -0.15) is 0 Å². The van der Waals surface area contributed by atoms with Gasteiger partial charge in [-0.3, -0.25) is 4.79 Å². The number of carbonyl (C=O) groups excluding carboxylic acids is 1. The molecule has 0 radical (unpaired) electrons. The van der Waals surface area contributed by atoms with Crippen LogP contribution in [0.15, 0.2) is 23.6 Å². The number of amides is 1. The van der Waals surface area contributed by atoms with E-state index in [1.165, 1.54) is 11.3 Å². The van der Waals surface area contributed by atoms with Crippen LogP contribution in [0.1, 0.15) is 6.42 Å². The molecule has 22 heavy (non-hydrogen) atoms. The summed E-state index contributed by atoms with van der Waals surface area (Å²) >= 11 is 1.43. The molecule has 114 valence electrons. The molecule has 1 saturated heterocycles. The van der Waals surface area contributed by atoms with Crippen molar-refractivity contribution in [3.8, 4) is 22.8 Å². The fraction of sp³-hybridized carbons (Fsp3) is 0.333. The summed E-state index contributed by atoms with van der Waals surface area (Å²) in [6.45, 7) is 1.90. The average molecular weight is 317 g/mol. The van der Waals surface area contributed by atoms with Crippen molar-refractivity contribution in [3.05, 3.63) is 23.6 Å². The maximum absolute atomic E-state index is 12.1. The number of nitrogens with one attached hydrogen (secondary N) is 2. The summed E-state index contributed by atoms with van der Waals surface area (Å²) in [6.07, 6.45) is 0.881. The van der Waals surface area contributed by atoms with Crippen molar-refractivity contribution in [2.75, 3.05) is 25.2 Å². The molecule has 0 spiro atoms. The first-order chi connectivity index (χ1) is 10.8. The summed E-state index contributed by atoms with van der Waals surface area (Å²) in [5, 5.41) is 8.65. The fourth-order valence-corrected chi connectivity index (χ4v) is 3.33. The van der Waals surface area contributed by atoms with Crippen LogP contribution < -0.4 is 20.1 Å². The van der Waals surface area contributed by atoms with E-state index >= 15 is 0 Å². The molecule has 2 aliphatic rings. The minimum absolute atomic E-state index is 0.0385. The Balaban J connectivity index is 1.50. The number of nitrogens with zero attached hydrogens (tertiary/aromatic N) is 1. The number of anilines is 1. The van der Waals surface area contributed by atoms with Gasteiger partial charge in [-0.1, -0.05) is 0 Å². The lowest BCUT2D eigenvalue weighted by atomic mass is 10.1. The number of rotatable bonds is 3. The quantitative estimate of drug-likeness (QED) is 0.907. The summed E-state index contributed by atoms with van der Waals surface area (Å²) < 4.78 is 10.7. The normalized spacial score (nSPS) is 19.4. The van der Waals surface area contributed by atoms with Gasteiger partial charge in [-0.15, -0.1) is 11.3 Å². The Labute approximate surface area is 131 Å². The van der Waals surface area contributed by atoms with Gasteiger partial charge in [-0.05, 0) is 31.2 Å². The lowest BCUT2D eigenvalue weighted by Gasteiger charge is -2.06. The van der Waals surface area contributed by atoms with E-state index in [1.807, 2.05) is 23.6 Å². The maximum Gasteiger partial charge on any atom is 0.231 e. The number of carbonyl (C=O) groups is 1. The molecule has 1 atom stereocenters. The van der Waals surface area contributed by atoms with E-state index < -0.39 is 0 Å². The van der Waals surface area contributed by atoms with Crippen LogP contribution in [0.25, 0.3) is 11.3 Å². The topological polar surface area (TPSA) is 72.5 Å². The van der Waals surface area contributed by atoms with E-state index in [1.54, 1.807) is 0 Å². The van der Waals surface area contributed by atoms with Gasteiger partial charge in [0, 0.05) is 17.5 Å². The highest BCUT2D eigenvalue weighted by atomic mass is 32.1. The molecule has 1 aromatic heterocycles. The third-order valence-corrected chi connectivity index (χ3v) is 4.59. The van der Waals surface area contributed by atoms with E-state index in [2.05, 4.69) is 15.6 Å². The number of ether oxygens (including phenoxy) is 2. The first-order valence-corrected chi connectivity index (χ1v) is 8.05. The molecular formula is C15H15N3O3S. The molecule has 4 rings (SSSR count). The summed E-state index contributed by atoms with van der Waals surface area (Å²) in [4.78, 5) is 16.6. The minimum Gasteiger partial charge on any atom is -0.454 e. The molecule has 0 saturated carbocycles. The molecule has 1 fully saturated rings. The van der Waals surface area contributed by atoms with E-state index in [9.17, 15) is 4.79 Å². The number of fused-ring (bicyclic) bond motifs is 1. The molecule has 2 aliphatic heterocycles. The SMILES string of the molecule is O=C(Nc1nc(-c2ccc3c(c2)OCO3)cs1)C1CCNC1. The van der Waals surface area contributed by atoms with Gasteiger partial charge in [0.05, 0.1) is 11.6 Å². The van der Waals surface area contributed by atoms with Gasteiger partial charge >= 0.3 is 0 Å². The summed E-state index contributed by atoms with van der Waals surface area (Å²) in [7, 11) is 0. The zero-order chi connectivity index (χ0) is 14.9. The minimum atomic E-state index is 0.0385. The Kier molecular flexibility index (Phi) is 3.44. The van der Waals surface area contributed by atoms with E-state index in [4.69, 9.17) is 9.47 Å². The Bertz CT molecular complexity index is 710. The first-order valence-electron chi connectivity index (χ1n) is 7.17. The number of thiazole rings is 1.